The molecule has 1 amide bonds. The SMILES string of the molecule is CCCSc1cc(N)c(C=N)cc1Nc1ncnc2sc3c(c12)CCCC3.CN(C)C=O. The molecule has 4 N–H and O–H groups in total. The van der Waals surface area contributed by atoms with Gasteiger partial charge in [-0.1, -0.05) is 6.92 Å². The molecule has 1 aliphatic rings. The molecule has 0 aliphatic heterocycles. The summed E-state index contributed by atoms with van der Waals surface area (Å²) in [7, 11) is 3.38. The van der Waals surface area contributed by atoms with Gasteiger partial charge in [0, 0.05) is 41.3 Å². The Balaban J connectivity index is 0.000000523. The highest BCUT2D eigenvalue weighted by molar-refractivity contribution is 7.99. The zero-order valence-electron chi connectivity index (χ0n) is 18.8. The number of carbonyl (C=O) groups excluding carboxylic acids is 1. The van der Waals surface area contributed by atoms with Crippen LogP contribution in [0.2, 0.25) is 0 Å². The number of nitrogen functional groups attached to an aromatic ring is 1. The fourth-order valence-electron chi connectivity index (χ4n) is 3.48. The number of thioether (sulfide) groups is 1. The highest BCUT2D eigenvalue weighted by atomic mass is 32.2. The maximum Gasteiger partial charge on any atom is 0.209 e. The van der Waals surface area contributed by atoms with Gasteiger partial charge in [0.05, 0.1) is 11.1 Å². The van der Waals surface area contributed by atoms with E-state index in [2.05, 4.69) is 22.2 Å². The molecule has 7 nitrogen and oxygen atoms in total. The summed E-state index contributed by atoms with van der Waals surface area (Å²) in [5, 5.41) is 12.3. The van der Waals surface area contributed by atoms with Crippen LogP contribution >= 0.6 is 23.1 Å². The Bertz CT molecular complexity index is 1100. The van der Waals surface area contributed by atoms with Crippen LogP contribution < -0.4 is 11.1 Å². The summed E-state index contributed by atoms with van der Waals surface area (Å²) in [6.07, 6.45) is 9.51. The molecule has 0 bridgehead atoms. The van der Waals surface area contributed by atoms with Gasteiger partial charge in [-0.3, -0.25) is 4.79 Å². The number of hydrogen-bond donors (Lipinski definition) is 3. The van der Waals surface area contributed by atoms with Crippen molar-refractivity contribution in [2.45, 2.75) is 43.9 Å². The average Bonchev–Trinajstić information content (AvgIpc) is 3.19. The number of nitrogens with zero attached hydrogens (tertiary/aromatic N) is 3. The molecule has 0 atom stereocenters. The number of aryl methyl sites for hydroxylation is 2. The van der Waals surface area contributed by atoms with Crippen molar-refractivity contribution >= 4 is 63.1 Å². The van der Waals surface area contributed by atoms with E-state index < -0.39 is 0 Å². The largest absolute Gasteiger partial charge is 0.398 e. The number of nitrogens with one attached hydrogen (secondary N) is 2. The molecule has 1 aromatic carbocycles. The summed E-state index contributed by atoms with van der Waals surface area (Å²) in [6, 6.07) is 3.91. The average molecular weight is 471 g/mol. The maximum absolute atomic E-state index is 9.43. The Morgan fingerprint density at radius 1 is 1.28 bits per heavy atom. The molecular weight excluding hydrogens is 440 g/mol. The molecule has 0 radical (unpaired) electrons. The lowest BCUT2D eigenvalue weighted by Gasteiger charge is -2.16. The van der Waals surface area contributed by atoms with Crippen molar-refractivity contribution in [2.75, 3.05) is 30.9 Å². The minimum atomic E-state index is 0.634. The molecule has 170 valence electrons. The third-order valence-electron chi connectivity index (χ3n) is 5.02. The monoisotopic (exact) mass is 470 g/mol. The first kappa shape index (κ1) is 24.0. The van der Waals surface area contributed by atoms with Crippen LogP contribution in [0.15, 0.2) is 23.4 Å². The smallest absolute Gasteiger partial charge is 0.209 e. The Morgan fingerprint density at radius 3 is 2.72 bits per heavy atom. The van der Waals surface area contributed by atoms with Gasteiger partial charge in [0.1, 0.15) is 17.0 Å². The highest BCUT2D eigenvalue weighted by Crippen LogP contribution is 2.40. The van der Waals surface area contributed by atoms with Crippen molar-refractivity contribution in [3.63, 3.8) is 0 Å². The van der Waals surface area contributed by atoms with E-state index in [9.17, 15) is 4.79 Å². The van der Waals surface area contributed by atoms with Crippen LogP contribution in [-0.2, 0) is 17.6 Å². The molecule has 4 rings (SSSR count). The second-order valence-corrected chi connectivity index (χ2v) is 10.00. The third kappa shape index (κ3) is 5.58. The summed E-state index contributed by atoms with van der Waals surface area (Å²) in [5.74, 6) is 1.88. The quantitative estimate of drug-likeness (QED) is 0.192. The number of thiophene rings is 1. The van der Waals surface area contributed by atoms with Gasteiger partial charge in [-0.05, 0) is 55.6 Å². The number of aromatic nitrogens is 2. The van der Waals surface area contributed by atoms with E-state index in [1.54, 1.807) is 43.5 Å². The van der Waals surface area contributed by atoms with Crippen LogP contribution in [0.3, 0.4) is 0 Å². The zero-order valence-corrected chi connectivity index (χ0v) is 20.4. The predicted octanol–water partition coefficient (Wildman–Crippen LogP) is 5.10. The summed E-state index contributed by atoms with van der Waals surface area (Å²) in [4.78, 5) is 23.6. The summed E-state index contributed by atoms with van der Waals surface area (Å²) < 4.78 is 0. The van der Waals surface area contributed by atoms with E-state index >= 15 is 0 Å². The summed E-state index contributed by atoms with van der Waals surface area (Å²) in [6.45, 7) is 2.17. The lowest BCUT2D eigenvalue weighted by atomic mass is 9.97. The molecule has 0 saturated heterocycles. The minimum Gasteiger partial charge on any atom is -0.398 e. The van der Waals surface area contributed by atoms with E-state index in [0.29, 0.717) is 5.69 Å². The predicted molar refractivity (Wildman–Crippen MR) is 137 cm³/mol. The van der Waals surface area contributed by atoms with Gasteiger partial charge in [0.15, 0.2) is 0 Å². The van der Waals surface area contributed by atoms with Crippen LogP contribution in [0.25, 0.3) is 10.2 Å². The molecule has 32 heavy (non-hydrogen) atoms. The molecule has 0 unspecified atom stereocenters. The van der Waals surface area contributed by atoms with Crippen molar-refractivity contribution in [2.24, 2.45) is 0 Å². The molecule has 2 aromatic heterocycles. The molecule has 2 heterocycles. The van der Waals surface area contributed by atoms with Gasteiger partial charge >= 0.3 is 0 Å². The second-order valence-electron chi connectivity index (χ2n) is 7.78. The summed E-state index contributed by atoms with van der Waals surface area (Å²) >= 11 is 3.58. The Hall–Kier alpha value is -2.65. The van der Waals surface area contributed by atoms with Crippen molar-refractivity contribution < 1.29 is 4.79 Å². The highest BCUT2D eigenvalue weighted by Gasteiger charge is 2.20. The van der Waals surface area contributed by atoms with E-state index in [0.717, 1.165) is 63.6 Å². The van der Waals surface area contributed by atoms with Gasteiger partial charge < -0.3 is 21.4 Å². The van der Waals surface area contributed by atoms with E-state index in [-0.39, 0.29) is 0 Å². The second kappa shape index (κ2) is 11.3. The van der Waals surface area contributed by atoms with Crippen LogP contribution in [-0.4, -0.2) is 47.3 Å². The topological polar surface area (TPSA) is 108 Å². The fraction of sp³-hybridized carbons (Fsp3) is 0.391. The molecule has 9 heteroatoms. The van der Waals surface area contributed by atoms with E-state index in [4.69, 9.17) is 11.1 Å². The lowest BCUT2D eigenvalue weighted by Crippen LogP contribution is -2.06. The van der Waals surface area contributed by atoms with Crippen LogP contribution in [0.1, 0.15) is 42.2 Å². The standard InChI is InChI=1S/C20H23N5S2.C3H7NO/c1-2-7-26-17-9-14(22)12(10-21)8-15(17)25-19-18-13-5-3-4-6-16(13)27-20(18)24-11-23-19;1-4(2)3-5/h8-11,21H,2-7,22H2,1H3,(H,23,24,25);3H,1-2H3. The van der Waals surface area contributed by atoms with Gasteiger partial charge in [-0.15, -0.1) is 23.1 Å². The van der Waals surface area contributed by atoms with Crippen LogP contribution in [0.4, 0.5) is 17.2 Å². The lowest BCUT2D eigenvalue weighted by molar-refractivity contribution is -0.115. The van der Waals surface area contributed by atoms with E-state index in [1.807, 2.05) is 12.1 Å². The third-order valence-corrected chi connectivity index (χ3v) is 7.48. The van der Waals surface area contributed by atoms with E-state index in [1.165, 1.54) is 34.4 Å². The Labute approximate surface area is 197 Å². The van der Waals surface area contributed by atoms with Crippen LogP contribution in [0, 0.1) is 5.41 Å². The zero-order chi connectivity index (χ0) is 23.1. The van der Waals surface area contributed by atoms with Gasteiger partial charge in [-0.25, -0.2) is 9.97 Å². The number of amides is 1. The molecule has 0 fully saturated rings. The number of anilines is 3. The number of rotatable bonds is 7. The maximum atomic E-state index is 9.43. The number of carbonyl (C=O) groups is 1. The van der Waals surface area contributed by atoms with Gasteiger partial charge in [0.25, 0.3) is 0 Å². The number of nitrogens with two attached hydrogens (primary N) is 1. The Kier molecular flexibility index (Phi) is 8.46. The minimum absolute atomic E-state index is 0.634. The molecule has 0 saturated carbocycles. The number of hydrogen-bond acceptors (Lipinski definition) is 8. The normalized spacial score (nSPS) is 12.5. The van der Waals surface area contributed by atoms with Crippen LogP contribution in [0.5, 0.6) is 0 Å². The van der Waals surface area contributed by atoms with Crippen molar-refractivity contribution in [3.05, 3.63) is 34.5 Å². The van der Waals surface area contributed by atoms with Crippen molar-refractivity contribution in [3.8, 4) is 0 Å². The first-order valence-corrected chi connectivity index (χ1v) is 12.5. The molecule has 3 aromatic rings. The first-order chi connectivity index (χ1) is 15.5. The van der Waals surface area contributed by atoms with Gasteiger partial charge in [0.2, 0.25) is 6.41 Å². The Morgan fingerprint density at radius 2 is 2.03 bits per heavy atom. The molecule has 0 spiro atoms. The fourth-order valence-corrected chi connectivity index (χ4v) is 5.61. The summed E-state index contributed by atoms with van der Waals surface area (Å²) in [5.41, 5.74) is 9.83. The van der Waals surface area contributed by atoms with Gasteiger partial charge in [-0.2, -0.15) is 0 Å². The first-order valence-electron chi connectivity index (χ1n) is 10.7. The van der Waals surface area contributed by atoms with Crippen molar-refractivity contribution in [1.82, 2.24) is 14.9 Å². The molecule has 1 aliphatic carbocycles. The molecular formula is C23H30N6OS2. The number of fused-ring (bicyclic) bond motifs is 3. The van der Waals surface area contributed by atoms with Crippen molar-refractivity contribution in [1.29, 1.82) is 5.41 Å². The number of benzene rings is 1.